The normalized spacial score (nSPS) is 10.9. The predicted octanol–water partition coefficient (Wildman–Crippen LogP) is 3.32. The molecule has 0 saturated carbocycles. The van der Waals surface area contributed by atoms with Crippen molar-refractivity contribution in [2.75, 3.05) is 13.1 Å². The first-order chi connectivity index (χ1) is 14.6. The number of hydrogen-bond acceptors (Lipinski definition) is 5. The van der Waals surface area contributed by atoms with Crippen LogP contribution in [0.15, 0.2) is 49.1 Å². The number of benzene rings is 1. The number of aromatic amines is 1. The van der Waals surface area contributed by atoms with Gasteiger partial charge in [0.25, 0.3) is 5.91 Å². The largest absolute Gasteiger partial charge is 0.352 e. The zero-order valence-electron chi connectivity index (χ0n) is 17.3. The van der Waals surface area contributed by atoms with E-state index in [-0.39, 0.29) is 5.91 Å². The predicted molar refractivity (Wildman–Crippen MR) is 116 cm³/mol. The van der Waals surface area contributed by atoms with Crippen LogP contribution >= 0.6 is 0 Å². The molecule has 3 aromatic rings. The van der Waals surface area contributed by atoms with Crippen LogP contribution in [0.3, 0.4) is 0 Å². The number of pyridine rings is 1. The van der Waals surface area contributed by atoms with Crippen LogP contribution in [-0.2, 0) is 6.54 Å². The summed E-state index contributed by atoms with van der Waals surface area (Å²) in [6.45, 7) is 6.37. The van der Waals surface area contributed by atoms with Gasteiger partial charge >= 0.3 is 0 Å². The van der Waals surface area contributed by atoms with Gasteiger partial charge in [0.2, 0.25) is 0 Å². The number of nitrogens with one attached hydrogen (secondary N) is 3. The molecule has 0 unspecified atom stereocenters. The summed E-state index contributed by atoms with van der Waals surface area (Å²) >= 11 is 0. The van der Waals surface area contributed by atoms with Gasteiger partial charge in [-0.15, -0.1) is 0 Å². The fraction of sp³-hybridized carbons (Fsp3) is 0.304. The minimum atomic E-state index is -0.197. The van der Waals surface area contributed by atoms with Crippen LogP contribution in [0.25, 0.3) is 11.1 Å². The Labute approximate surface area is 176 Å². The molecule has 0 bridgehead atoms. The van der Waals surface area contributed by atoms with Gasteiger partial charge in [-0.3, -0.25) is 19.7 Å². The lowest BCUT2D eigenvalue weighted by Crippen LogP contribution is -2.27. The van der Waals surface area contributed by atoms with Crippen molar-refractivity contribution in [1.82, 2.24) is 25.8 Å². The summed E-state index contributed by atoms with van der Waals surface area (Å²) in [5, 5.41) is 12.9. The minimum absolute atomic E-state index is 0.197. The van der Waals surface area contributed by atoms with E-state index in [4.69, 9.17) is 0 Å². The van der Waals surface area contributed by atoms with Crippen molar-refractivity contribution < 1.29 is 9.59 Å². The smallest absolute Gasteiger partial charge is 0.251 e. The number of carbonyl (C=O) groups excluding carboxylic acids is 2. The lowest BCUT2D eigenvalue weighted by Gasteiger charge is -2.10. The van der Waals surface area contributed by atoms with Gasteiger partial charge in [0.15, 0.2) is 0 Å². The molecule has 0 radical (unpaired) electrons. The average Bonchev–Trinajstić information content (AvgIpc) is 3.31. The Morgan fingerprint density at radius 1 is 1.10 bits per heavy atom. The van der Waals surface area contributed by atoms with Crippen LogP contribution in [0.5, 0.6) is 0 Å². The van der Waals surface area contributed by atoms with E-state index >= 15 is 0 Å². The molecule has 7 nitrogen and oxygen atoms in total. The number of amides is 1. The molecule has 0 atom stereocenters. The number of carbonyl (C=O) groups is 2. The molecule has 7 heteroatoms. The summed E-state index contributed by atoms with van der Waals surface area (Å²) in [5.41, 5.74) is 4.90. The third kappa shape index (κ3) is 5.84. The van der Waals surface area contributed by atoms with Crippen molar-refractivity contribution in [1.29, 1.82) is 0 Å². The second-order valence-electron chi connectivity index (χ2n) is 7.52. The number of hydrogen-bond donors (Lipinski definition) is 3. The summed E-state index contributed by atoms with van der Waals surface area (Å²) in [5.74, 6) is 0.261. The molecule has 3 rings (SSSR count). The Morgan fingerprint density at radius 2 is 1.97 bits per heavy atom. The SMILES string of the molecule is CC(C)c1cncc(CNCCCNC(=O)c2cc(C=O)cc(-c3cn[nH]c3)c2)c1. The Balaban J connectivity index is 1.46. The molecule has 156 valence electrons. The van der Waals surface area contributed by atoms with Gasteiger partial charge in [0.1, 0.15) is 6.29 Å². The Morgan fingerprint density at radius 3 is 2.70 bits per heavy atom. The highest BCUT2D eigenvalue weighted by Gasteiger charge is 2.10. The molecule has 0 aliphatic heterocycles. The van der Waals surface area contributed by atoms with E-state index in [0.29, 0.717) is 23.6 Å². The highest BCUT2D eigenvalue weighted by atomic mass is 16.1. The molecule has 30 heavy (non-hydrogen) atoms. The van der Waals surface area contributed by atoms with Crippen molar-refractivity contribution in [2.45, 2.75) is 32.7 Å². The second kappa shape index (κ2) is 10.5. The first-order valence-corrected chi connectivity index (χ1v) is 10.1. The highest BCUT2D eigenvalue weighted by molar-refractivity contribution is 5.97. The number of rotatable bonds is 10. The molecule has 0 saturated heterocycles. The second-order valence-corrected chi connectivity index (χ2v) is 7.52. The lowest BCUT2D eigenvalue weighted by atomic mass is 10.0. The van der Waals surface area contributed by atoms with E-state index in [1.54, 1.807) is 30.6 Å². The van der Waals surface area contributed by atoms with Gasteiger partial charge in [-0.05, 0) is 53.8 Å². The van der Waals surface area contributed by atoms with Crippen LogP contribution < -0.4 is 10.6 Å². The molecule has 0 fully saturated rings. The van der Waals surface area contributed by atoms with Gasteiger partial charge < -0.3 is 10.6 Å². The van der Waals surface area contributed by atoms with Gasteiger partial charge in [0.05, 0.1) is 6.20 Å². The number of aldehydes is 1. The van der Waals surface area contributed by atoms with Crippen molar-refractivity contribution in [3.05, 3.63) is 71.3 Å². The molecule has 0 spiro atoms. The van der Waals surface area contributed by atoms with E-state index in [9.17, 15) is 9.59 Å². The molecular weight excluding hydrogens is 378 g/mol. The molecule has 0 aliphatic carbocycles. The van der Waals surface area contributed by atoms with Crippen molar-refractivity contribution in [2.24, 2.45) is 0 Å². The monoisotopic (exact) mass is 405 g/mol. The molecule has 0 aliphatic rings. The average molecular weight is 406 g/mol. The number of aromatic nitrogens is 3. The summed E-state index contributed by atoms with van der Waals surface area (Å²) in [6, 6.07) is 7.27. The third-order valence-corrected chi connectivity index (χ3v) is 4.81. The Bertz CT molecular complexity index is 983. The van der Waals surface area contributed by atoms with Crippen LogP contribution in [0.2, 0.25) is 0 Å². The molecule has 2 aromatic heterocycles. The fourth-order valence-electron chi connectivity index (χ4n) is 3.10. The fourth-order valence-corrected chi connectivity index (χ4v) is 3.10. The van der Waals surface area contributed by atoms with E-state index in [2.05, 4.69) is 45.7 Å². The standard InChI is InChI=1S/C23H27N5O2/c1-16(2)21-8-18(11-25-12-21)10-24-4-3-5-26-23(30)20-7-17(15-29)6-19(9-20)22-13-27-28-14-22/h6-9,11-16,24H,3-5,10H2,1-2H3,(H,26,30)(H,27,28). The van der Waals surface area contributed by atoms with E-state index in [1.165, 1.54) is 5.56 Å². The van der Waals surface area contributed by atoms with Crippen LogP contribution in [-0.4, -0.2) is 40.5 Å². The molecule has 3 N–H and O–H groups in total. The van der Waals surface area contributed by atoms with Gasteiger partial charge in [-0.2, -0.15) is 5.10 Å². The van der Waals surface area contributed by atoms with Gasteiger partial charge in [0, 0.05) is 48.4 Å². The van der Waals surface area contributed by atoms with Crippen molar-refractivity contribution >= 4 is 12.2 Å². The summed E-state index contributed by atoms with van der Waals surface area (Å²) in [6.07, 6.45) is 8.70. The van der Waals surface area contributed by atoms with Crippen molar-refractivity contribution in [3.8, 4) is 11.1 Å². The molecule has 1 amide bonds. The molecule has 1 aromatic carbocycles. The maximum absolute atomic E-state index is 12.5. The Hall–Kier alpha value is -3.32. The zero-order chi connectivity index (χ0) is 21.3. The van der Waals surface area contributed by atoms with E-state index in [1.807, 2.05) is 12.4 Å². The van der Waals surface area contributed by atoms with Gasteiger partial charge in [-0.1, -0.05) is 19.9 Å². The maximum atomic E-state index is 12.5. The number of nitrogens with zero attached hydrogens (tertiary/aromatic N) is 2. The lowest BCUT2D eigenvalue weighted by molar-refractivity contribution is 0.0953. The third-order valence-electron chi connectivity index (χ3n) is 4.81. The van der Waals surface area contributed by atoms with Crippen LogP contribution in [0.4, 0.5) is 0 Å². The van der Waals surface area contributed by atoms with Gasteiger partial charge in [-0.25, -0.2) is 0 Å². The topological polar surface area (TPSA) is 99.8 Å². The number of H-pyrrole nitrogens is 1. The Kier molecular flexibility index (Phi) is 7.45. The van der Waals surface area contributed by atoms with E-state index < -0.39 is 0 Å². The molecular formula is C23H27N5O2. The summed E-state index contributed by atoms with van der Waals surface area (Å²) in [4.78, 5) is 28.0. The minimum Gasteiger partial charge on any atom is -0.352 e. The first-order valence-electron chi connectivity index (χ1n) is 10.1. The first kappa shape index (κ1) is 21.4. The molecule has 2 heterocycles. The quantitative estimate of drug-likeness (QED) is 0.355. The maximum Gasteiger partial charge on any atom is 0.251 e. The van der Waals surface area contributed by atoms with Crippen LogP contribution in [0.1, 0.15) is 58.0 Å². The van der Waals surface area contributed by atoms with E-state index in [0.717, 1.165) is 42.5 Å². The highest BCUT2D eigenvalue weighted by Crippen LogP contribution is 2.21. The summed E-state index contributed by atoms with van der Waals surface area (Å²) < 4.78 is 0. The van der Waals surface area contributed by atoms with Crippen molar-refractivity contribution in [3.63, 3.8) is 0 Å². The summed E-state index contributed by atoms with van der Waals surface area (Å²) in [7, 11) is 0. The zero-order valence-corrected chi connectivity index (χ0v) is 17.3. The van der Waals surface area contributed by atoms with Crippen LogP contribution in [0, 0.1) is 0 Å².